The molecular weight excluding hydrogens is 346 g/mol. The first-order valence-electron chi connectivity index (χ1n) is 9.41. The van der Waals surface area contributed by atoms with Crippen LogP contribution in [-0.2, 0) is 4.79 Å². The van der Waals surface area contributed by atoms with Crippen molar-refractivity contribution in [1.29, 1.82) is 0 Å². The van der Waals surface area contributed by atoms with Gasteiger partial charge in [-0.3, -0.25) is 24.8 Å². The molecule has 2 saturated heterocycles. The van der Waals surface area contributed by atoms with Gasteiger partial charge in [0.15, 0.2) is 0 Å². The molecule has 0 radical (unpaired) electrons. The fraction of sp³-hybridized carbons (Fsp3) is 0.474. The van der Waals surface area contributed by atoms with E-state index in [1.54, 1.807) is 24.4 Å². The van der Waals surface area contributed by atoms with E-state index in [4.69, 9.17) is 0 Å². The van der Waals surface area contributed by atoms with Crippen LogP contribution < -0.4 is 4.90 Å². The molecule has 0 bridgehead atoms. The minimum absolute atomic E-state index is 0.113. The van der Waals surface area contributed by atoms with Crippen molar-refractivity contribution in [2.24, 2.45) is 0 Å². The zero-order valence-corrected chi connectivity index (χ0v) is 15.2. The number of rotatable bonds is 4. The van der Waals surface area contributed by atoms with E-state index in [0.29, 0.717) is 36.2 Å². The second-order valence-corrected chi connectivity index (χ2v) is 7.11. The van der Waals surface area contributed by atoms with Crippen molar-refractivity contribution in [3.05, 3.63) is 40.6 Å². The lowest BCUT2D eigenvalue weighted by atomic mass is 10.1. The van der Waals surface area contributed by atoms with E-state index >= 15 is 0 Å². The number of nitro groups is 1. The zero-order chi connectivity index (χ0) is 18.8. The summed E-state index contributed by atoms with van der Waals surface area (Å²) in [6.07, 6.45) is 3.84. The first kappa shape index (κ1) is 17.7. The fourth-order valence-electron chi connectivity index (χ4n) is 3.98. The van der Waals surface area contributed by atoms with Crippen molar-refractivity contribution in [2.75, 3.05) is 50.7 Å². The summed E-state index contributed by atoms with van der Waals surface area (Å²) >= 11 is 0. The Kier molecular flexibility index (Phi) is 4.89. The third-order valence-corrected chi connectivity index (χ3v) is 5.45. The molecule has 2 aliphatic heterocycles. The lowest BCUT2D eigenvalue weighted by molar-refractivity contribution is -0.382. The van der Waals surface area contributed by atoms with Crippen LogP contribution in [0.3, 0.4) is 0 Å². The molecule has 8 nitrogen and oxygen atoms in total. The molecule has 1 aromatic carbocycles. The van der Waals surface area contributed by atoms with Gasteiger partial charge in [-0.15, -0.1) is 0 Å². The maximum absolute atomic E-state index is 12.3. The van der Waals surface area contributed by atoms with Gasteiger partial charge in [0, 0.05) is 45.5 Å². The SMILES string of the molecule is O=C(CN1CCN(c2ccc3ncccc3c2[N+](=O)[O-])CC1)N1CCCC1. The van der Waals surface area contributed by atoms with Gasteiger partial charge in [-0.25, -0.2) is 0 Å². The number of nitro benzene ring substituents is 1. The molecule has 0 spiro atoms. The van der Waals surface area contributed by atoms with E-state index in [0.717, 1.165) is 39.0 Å². The highest BCUT2D eigenvalue weighted by atomic mass is 16.6. The average molecular weight is 369 g/mol. The Morgan fingerprint density at radius 1 is 1.07 bits per heavy atom. The lowest BCUT2D eigenvalue weighted by Crippen LogP contribution is -2.50. The minimum Gasteiger partial charge on any atom is -0.363 e. The van der Waals surface area contributed by atoms with Crippen molar-refractivity contribution < 1.29 is 9.72 Å². The number of pyridine rings is 1. The molecule has 27 heavy (non-hydrogen) atoms. The van der Waals surface area contributed by atoms with Crippen LogP contribution >= 0.6 is 0 Å². The molecule has 8 heteroatoms. The number of anilines is 1. The smallest absolute Gasteiger partial charge is 0.301 e. The second kappa shape index (κ2) is 7.48. The number of benzene rings is 1. The highest BCUT2D eigenvalue weighted by molar-refractivity contribution is 5.94. The molecule has 2 fully saturated rings. The van der Waals surface area contributed by atoms with E-state index in [1.807, 2.05) is 15.9 Å². The lowest BCUT2D eigenvalue weighted by Gasteiger charge is -2.36. The van der Waals surface area contributed by atoms with Crippen LogP contribution in [-0.4, -0.2) is 71.4 Å². The Morgan fingerprint density at radius 3 is 2.52 bits per heavy atom. The summed E-state index contributed by atoms with van der Waals surface area (Å²) in [6, 6.07) is 7.09. The predicted octanol–water partition coefficient (Wildman–Crippen LogP) is 1.89. The largest absolute Gasteiger partial charge is 0.363 e. The Hall–Kier alpha value is -2.74. The minimum atomic E-state index is -0.317. The Balaban J connectivity index is 1.47. The maximum Gasteiger partial charge on any atom is 0.301 e. The van der Waals surface area contributed by atoms with Crippen LogP contribution in [0.15, 0.2) is 30.5 Å². The summed E-state index contributed by atoms with van der Waals surface area (Å²) in [6.45, 7) is 4.97. The number of carbonyl (C=O) groups is 1. The molecule has 1 amide bonds. The summed E-state index contributed by atoms with van der Waals surface area (Å²) in [7, 11) is 0. The van der Waals surface area contributed by atoms with Crippen LogP contribution in [0.5, 0.6) is 0 Å². The van der Waals surface area contributed by atoms with Crippen molar-refractivity contribution in [2.45, 2.75) is 12.8 Å². The van der Waals surface area contributed by atoms with Gasteiger partial charge < -0.3 is 9.80 Å². The molecule has 2 aliphatic rings. The summed E-state index contributed by atoms with van der Waals surface area (Å²) in [5, 5.41) is 12.3. The second-order valence-electron chi connectivity index (χ2n) is 7.11. The number of aromatic nitrogens is 1. The van der Waals surface area contributed by atoms with Crippen LogP contribution in [0.25, 0.3) is 10.9 Å². The molecule has 2 aromatic rings. The summed E-state index contributed by atoms with van der Waals surface area (Å²) in [5.41, 5.74) is 1.37. The molecule has 1 aromatic heterocycles. The standard InChI is InChI=1S/C19H23N5O3/c25-18(23-8-1-2-9-23)14-21-10-12-22(13-11-21)17-6-5-16-15(4-3-7-20-16)19(17)24(26)27/h3-7H,1-2,8-14H2. The van der Waals surface area contributed by atoms with Gasteiger partial charge in [0.05, 0.1) is 22.4 Å². The first-order chi connectivity index (χ1) is 13.1. The van der Waals surface area contributed by atoms with Gasteiger partial charge in [-0.05, 0) is 37.1 Å². The van der Waals surface area contributed by atoms with Crippen LogP contribution in [0.2, 0.25) is 0 Å². The van der Waals surface area contributed by atoms with Crippen molar-refractivity contribution >= 4 is 28.2 Å². The molecular formula is C19H23N5O3. The number of likely N-dealkylation sites (tertiary alicyclic amines) is 1. The quantitative estimate of drug-likeness (QED) is 0.605. The Morgan fingerprint density at radius 2 is 1.81 bits per heavy atom. The van der Waals surface area contributed by atoms with Crippen molar-refractivity contribution in [3.63, 3.8) is 0 Å². The highest BCUT2D eigenvalue weighted by Crippen LogP contribution is 2.35. The molecule has 0 aliphatic carbocycles. The van der Waals surface area contributed by atoms with E-state index in [2.05, 4.69) is 9.88 Å². The predicted molar refractivity (Wildman–Crippen MR) is 103 cm³/mol. The number of nitrogens with zero attached hydrogens (tertiary/aromatic N) is 5. The number of piperazine rings is 1. The van der Waals surface area contributed by atoms with Gasteiger partial charge in [-0.2, -0.15) is 0 Å². The monoisotopic (exact) mass is 369 g/mol. The number of hydrogen-bond acceptors (Lipinski definition) is 6. The number of carbonyl (C=O) groups excluding carboxylic acids is 1. The van der Waals surface area contributed by atoms with Gasteiger partial charge in [0.1, 0.15) is 5.69 Å². The summed E-state index contributed by atoms with van der Waals surface area (Å²) in [5.74, 6) is 0.198. The van der Waals surface area contributed by atoms with Gasteiger partial charge in [0.25, 0.3) is 0 Å². The number of fused-ring (bicyclic) bond motifs is 1. The van der Waals surface area contributed by atoms with E-state index in [9.17, 15) is 14.9 Å². The topological polar surface area (TPSA) is 82.8 Å². The molecule has 3 heterocycles. The summed E-state index contributed by atoms with van der Waals surface area (Å²) in [4.78, 5) is 34.1. The first-order valence-corrected chi connectivity index (χ1v) is 9.41. The molecule has 0 N–H and O–H groups in total. The van der Waals surface area contributed by atoms with Gasteiger partial charge in [-0.1, -0.05) is 0 Å². The van der Waals surface area contributed by atoms with Crippen LogP contribution in [0, 0.1) is 10.1 Å². The number of amides is 1. The highest BCUT2D eigenvalue weighted by Gasteiger charge is 2.28. The molecule has 0 saturated carbocycles. The van der Waals surface area contributed by atoms with Crippen LogP contribution in [0.4, 0.5) is 11.4 Å². The summed E-state index contributed by atoms with van der Waals surface area (Å²) < 4.78 is 0. The van der Waals surface area contributed by atoms with E-state index in [-0.39, 0.29) is 16.5 Å². The molecule has 142 valence electrons. The number of hydrogen-bond donors (Lipinski definition) is 0. The van der Waals surface area contributed by atoms with Crippen molar-refractivity contribution in [1.82, 2.24) is 14.8 Å². The van der Waals surface area contributed by atoms with E-state index < -0.39 is 0 Å². The van der Waals surface area contributed by atoms with Gasteiger partial charge >= 0.3 is 5.69 Å². The Bertz CT molecular complexity index is 858. The van der Waals surface area contributed by atoms with Crippen molar-refractivity contribution in [3.8, 4) is 0 Å². The Labute approximate surface area is 157 Å². The molecule has 0 unspecified atom stereocenters. The molecule has 0 atom stereocenters. The third-order valence-electron chi connectivity index (χ3n) is 5.45. The zero-order valence-electron chi connectivity index (χ0n) is 15.2. The van der Waals surface area contributed by atoms with Gasteiger partial charge in [0.2, 0.25) is 5.91 Å². The fourth-order valence-corrected chi connectivity index (χ4v) is 3.98. The normalized spacial score (nSPS) is 18.2. The third kappa shape index (κ3) is 3.57. The van der Waals surface area contributed by atoms with E-state index in [1.165, 1.54) is 0 Å². The molecule has 4 rings (SSSR count). The maximum atomic E-state index is 12.3. The average Bonchev–Trinajstić information content (AvgIpc) is 3.22. The van der Waals surface area contributed by atoms with Crippen LogP contribution in [0.1, 0.15) is 12.8 Å².